The van der Waals surface area contributed by atoms with Crippen molar-refractivity contribution in [2.24, 2.45) is 0 Å². The summed E-state index contributed by atoms with van der Waals surface area (Å²) in [4.78, 5) is 23.0. The highest BCUT2D eigenvalue weighted by Crippen LogP contribution is 2.26. The van der Waals surface area contributed by atoms with E-state index in [0.717, 1.165) is 34.9 Å². The third-order valence-electron chi connectivity index (χ3n) is 5.21. The van der Waals surface area contributed by atoms with Crippen LogP contribution in [0, 0.1) is 0 Å². The van der Waals surface area contributed by atoms with Crippen LogP contribution in [0.2, 0.25) is 25.7 Å². The van der Waals surface area contributed by atoms with Crippen LogP contribution >= 0.6 is 0 Å². The molecule has 0 N–H and O–H groups in total. The van der Waals surface area contributed by atoms with Gasteiger partial charge >= 0.3 is 6.09 Å². The Balaban J connectivity index is 1.47. The Morgan fingerprint density at radius 2 is 1.97 bits per heavy atom. The van der Waals surface area contributed by atoms with E-state index in [0.29, 0.717) is 25.6 Å². The first-order chi connectivity index (χ1) is 15.0. The lowest BCUT2D eigenvalue weighted by atomic mass is 10.2. The second-order valence-corrected chi connectivity index (χ2v) is 16.1. The standard InChI is InChI=1S/C22H32N6O3Si/c1-22(2,3)31-21(29)27-11-16-12-28(25-18(16)13-27)20-17-7-8-26(19(17)23-14-24-20)15-30-9-10-32(4,5)6/h7-8,12,14H,9-11,13,15H2,1-6H3. The molecule has 0 radical (unpaired) electrons. The molecule has 1 amide bonds. The van der Waals surface area contributed by atoms with Crippen molar-refractivity contribution in [1.29, 1.82) is 0 Å². The van der Waals surface area contributed by atoms with Crippen LogP contribution in [0.25, 0.3) is 16.9 Å². The van der Waals surface area contributed by atoms with Gasteiger partial charge in [0.1, 0.15) is 24.3 Å². The summed E-state index contributed by atoms with van der Waals surface area (Å²) in [6.45, 7) is 14.7. The van der Waals surface area contributed by atoms with Crippen molar-refractivity contribution in [3.05, 3.63) is 36.0 Å². The number of aromatic nitrogens is 5. The van der Waals surface area contributed by atoms with Crippen LogP contribution in [0.1, 0.15) is 32.0 Å². The van der Waals surface area contributed by atoms with Gasteiger partial charge in [-0.3, -0.25) is 4.90 Å². The van der Waals surface area contributed by atoms with Gasteiger partial charge in [-0.15, -0.1) is 0 Å². The predicted octanol–water partition coefficient (Wildman–Crippen LogP) is 4.18. The maximum Gasteiger partial charge on any atom is 0.410 e. The molecule has 172 valence electrons. The lowest BCUT2D eigenvalue weighted by molar-refractivity contribution is 0.0239. The summed E-state index contributed by atoms with van der Waals surface area (Å²) in [6.07, 6.45) is 5.13. The average Bonchev–Trinajstić information content (AvgIpc) is 3.36. The van der Waals surface area contributed by atoms with Crippen molar-refractivity contribution in [3.63, 3.8) is 0 Å². The van der Waals surface area contributed by atoms with Crippen molar-refractivity contribution >= 4 is 25.2 Å². The lowest BCUT2D eigenvalue weighted by Gasteiger charge is -2.24. The molecule has 0 saturated heterocycles. The molecule has 0 fully saturated rings. The van der Waals surface area contributed by atoms with Crippen molar-refractivity contribution < 1.29 is 14.3 Å². The number of fused-ring (bicyclic) bond motifs is 2. The molecule has 0 unspecified atom stereocenters. The van der Waals surface area contributed by atoms with Gasteiger partial charge in [0, 0.05) is 32.6 Å². The van der Waals surface area contributed by atoms with E-state index in [-0.39, 0.29) is 6.09 Å². The lowest BCUT2D eigenvalue weighted by Crippen LogP contribution is -2.33. The minimum absolute atomic E-state index is 0.322. The van der Waals surface area contributed by atoms with Crippen LogP contribution in [-0.2, 0) is 29.3 Å². The second-order valence-electron chi connectivity index (χ2n) is 10.5. The molecule has 3 aromatic heterocycles. The molecule has 10 heteroatoms. The third kappa shape index (κ3) is 5.02. The quantitative estimate of drug-likeness (QED) is 0.408. The highest BCUT2D eigenvalue weighted by Gasteiger charge is 2.30. The Kier molecular flexibility index (Phi) is 5.84. The number of rotatable bonds is 6. The minimum Gasteiger partial charge on any atom is -0.444 e. The maximum atomic E-state index is 12.4. The Labute approximate surface area is 189 Å². The molecular formula is C22H32N6O3Si. The summed E-state index contributed by atoms with van der Waals surface area (Å²) in [5.74, 6) is 0.717. The molecule has 0 aliphatic carbocycles. The number of hydrogen-bond acceptors (Lipinski definition) is 6. The Hall–Kier alpha value is -2.72. The van der Waals surface area contributed by atoms with E-state index in [4.69, 9.17) is 14.6 Å². The zero-order valence-electron chi connectivity index (χ0n) is 19.8. The monoisotopic (exact) mass is 456 g/mol. The highest BCUT2D eigenvalue weighted by atomic mass is 28.3. The predicted molar refractivity (Wildman–Crippen MR) is 124 cm³/mol. The fourth-order valence-electron chi connectivity index (χ4n) is 3.54. The first-order valence-corrected chi connectivity index (χ1v) is 14.6. The summed E-state index contributed by atoms with van der Waals surface area (Å²) >= 11 is 0. The normalized spacial score (nSPS) is 14.2. The van der Waals surface area contributed by atoms with E-state index in [9.17, 15) is 4.79 Å². The number of nitrogens with zero attached hydrogens (tertiary/aromatic N) is 6. The van der Waals surface area contributed by atoms with Crippen molar-refractivity contribution in [2.75, 3.05) is 6.61 Å². The molecule has 4 rings (SSSR count). The van der Waals surface area contributed by atoms with Gasteiger partial charge in [-0.2, -0.15) is 5.10 Å². The van der Waals surface area contributed by atoms with Gasteiger partial charge in [0.2, 0.25) is 0 Å². The van der Waals surface area contributed by atoms with Crippen LogP contribution in [0.15, 0.2) is 24.8 Å². The highest BCUT2D eigenvalue weighted by molar-refractivity contribution is 6.76. The van der Waals surface area contributed by atoms with Crippen LogP contribution in [0.4, 0.5) is 4.79 Å². The smallest absolute Gasteiger partial charge is 0.410 e. The van der Waals surface area contributed by atoms with Crippen LogP contribution < -0.4 is 0 Å². The van der Waals surface area contributed by atoms with Gasteiger partial charge in [-0.05, 0) is 32.9 Å². The number of ether oxygens (including phenoxy) is 2. The fourth-order valence-corrected chi connectivity index (χ4v) is 4.29. The maximum absolute atomic E-state index is 12.4. The average molecular weight is 457 g/mol. The minimum atomic E-state index is -1.12. The van der Waals surface area contributed by atoms with Crippen molar-refractivity contribution in [2.45, 2.75) is 71.9 Å². The van der Waals surface area contributed by atoms with Gasteiger partial charge in [-0.1, -0.05) is 19.6 Å². The molecule has 1 aliphatic heterocycles. The first kappa shape index (κ1) is 22.5. The van der Waals surface area contributed by atoms with E-state index >= 15 is 0 Å². The van der Waals surface area contributed by atoms with E-state index in [1.165, 1.54) is 0 Å². The number of carbonyl (C=O) groups is 1. The van der Waals surface area contributed by atoms with Gasteiger partial charge < -0.3 is 14.0 Å². The van der Waals surface area contributed by atoms with E-state index in [1.54, 1.807) is 15.9 Å². The van der Waals surface area contributed by atoms with Gasteiger partial charge in [-0.25, -0.2) is 19.4 Å². The molecule has 0 atom stereocenters. The van der Waals surface area contributed by atoms with E-state index in [2.05, 4.69) is 29.6 Å². The Morgan fingerprint density at radius 1 is 1.19 bits per heavy atom. The molecule has 9 nitrogen and oxygen atoms in total. The Bertz CT molecular complexity index is 1100. The van der Waals surface area contributed by atoms with Gasteiger partial charge in [0.15, 0.2) is 5.82 Å². The van der Waals surface area contributed by atoms with Crippen molar-refractivity contribution in [1.82, 2.24) is 29.2 Å². The largest absolute Gasteiger partial charge is 0.444 e. The zero-order chi connectivity index (χ0) is 23.1. The summed E-state index contributed by atoms with van der Waals surface area (Å²) in [7, 11) is -1.12. The van der Waals surface area contributed by atoms with Crippen LogP contribution in [0.5, 0.6) is 0 Å². The molecule has 32 heavy (non-hydrogen) atoms. The van der Waals surface area contributed by atoms with Gasteiger partial charge in [0.25, 0.3) is 0 Å². The molecule has 1 aliphatic rings. The number of carbonyl (C=O) groups excluding carboxylic acids is 1. The molecular weight excluding hydrogens is 424 g/mol. The molecule has 3 aromatic rings. The summed E-state index contributed by atoms with van der Waals surface area (Å²) in [6, 6.07) is 3.12. The van der Waals surface area contributed by atoms with E-state index < -0.39 is 13.7 Å². The molecule has 0 aromatic carbocycles. The second kappa shape index (κ2) is 8.32. The summed E-state index contributed by atoms with van der Waals surface area (Å²) in [5.41, 5.74) is 2.15. The fraction of sp³-hybridized carbons (Fsp3) is 0.545. The van der Waals surface area contributed by atoms with Gasteiger partial charge in [0.05, 0.1) is 24.2 Å². The summed E-state index contributed by atoms with van der Waals surface area (Å²) < 4.78 is 15.1. The van der Waals surface area contributed by atoms with Crippen LogP contribution in [-0.4, -0.2) is 55.6 Å². The SMILES string of the molecule is CC(C)(C)OC(=O)N1Cc2cn(-c3ncnc4c3ccn4COCC[Si](C)(C)C)nc2C1. The van der Waals surface area contributed by atoms with Crippen LogP contribution in [0.3, 0.4) is 0 Å². The first-order valence-electron chi connectivity index (χ1n) is 10.9. The Morgan fingerprint density at radius 3 is 2.66 bits per heavy atom. The number of amides is 1. The molecule has 0 spiro atoms. The summed E-state index contributed by atoms with van der Waals surface area (Å²) in [5, 5.41) is 5.60. The van der Waals surface area contributed by atoms with E-state index in [1.807, 2.05) is 43.8 Å². The molecule has 0 saturated carbocycles. The molecule has 4 heterocycles. The zero-order valence-corrected chi connectivity index (χ0v) is 20.8. The molecule has 0 bridgehead atoms. The third-order valence-corrected chi connectivity index (χ3v) is 6.91. The topological polar surface area (TPSA) is 87.3 Å². The van der Waals surface area contributed by atoms with Crippen molar-refractivity contribution in [3.8, 4) is 5.82 Å². The number of hydrogen-bond donors (Lipinski definition) is 0.